The van der Waals surface area contributed by atoms with Crippen LogP contribution in [-0.4, -0.2) is 32.8 Å². The minimum absolute atomic E-state index is 0.0533. The second-order valence-electron chi connectivity index (χ2n) is 9.52. The number of hydrogen-bond acceptors (Lipinski definition) is 4. The van der Waals surface area contributed by atoms with Crippen LogP contribution >= 0.6 is 12.6 Å². The normalized spacial score (nSPS) is 13.7. The molecule has 1 atom stereocenters. The zero-order valence-electron chi connectivity index (χ0n) is 21.5. The first kappa shape index (κ1) is 29.2. The number of aromatic amines is 1. The molecule has 4 aromatic rings. The number of thiol groups is 1. The largest absolute Gasteiger partial charge is 0.416 e. The van der Waals surface area contributed by atoms with E-state index in [0.717, 1.165) is 10.5 Å². The highest BCUT2D eigenvalue weighted by Crippen LogP contribution is 2.38. The van der Waals surface area contributed by atoms with Crippen LogP contribution < -0.4 is 0 Å². The molecule has 1 amide bonds. The van der Waals surface area contributed by atoms with Gasteiger partial charge in [0, 0.05) is 32.2 Å². The fraction of sp³-hybridized carbons (Fsp3) is 0.250. The standard InChI is InChI=1S/C28H24F6N4OS/c1-16-6-4-5-7-20(16)21-13-23(26(2,40)25-35-8-9-36-25)37-14-22(21)24(39)38(3)15-17-10-18(27(29,30)31)12-19(11-17)28(32,33)34/h4-14,40H,15H2,1-3H3,(H,35,36). The predicted octanol–water partition coefficient (Wildman–Crippen LogP) is 7.28. The number of nitrogens with one attached hydrogen (secondary N) is 1. The molecule has 0 aliphatic carbocycles. The average Bonchev–Trinajstić information content (AvgIpc) is 3.43. The molecule has 1 N–H and O–H groups in total. The van der Waals surface area contributed by atoms with Crippen molar-refractivity contribution in [3.63, 3.8) is 0 Å². The topological polar surface area (TPSA) is 61.9 Å². The minimum atomic E-state index is -5.00. The van der Waals surface area contributed by atoms with Crippen molar-refractivity contribution in [2.24, 2.45) is 0 Å². The number of pyridine rings is 1. The van der Waals surface area contributed by atoms with Gasteiger partial charge in [-0.25, -0.2) is 4.98 Å². The second kappa shape index (κ2) is 10.6. The number of H-pyrrole nitrogens is 1. The monoisotopic (exact) mass is 578 g/mol. The Kier molecular flexibility index (Phi) is 7.77. The first-order chi connectivity index (χ1) is 18.6. The van der Waals surface area contributed by atoms with Gasteiger partial charge in [0.2, 0.25) is 0 Å². The summed E-state index contributed by atoms with van der Waals surface area (Å²) >= 11 is 4.74. The molecule has 0 saturated heterocycles. The number of aryl methyl sites for hydroxylation is 1. The van der Waals surface area contributed by atoms with Crippen LogP contribution in [0.15, 0.2) is 67.1 Å². The van der Waals surface area contributed by atoms with Crippen molar-refractivity contribution in [2.75, 3.05) is 7.05 Å². The summed E-state index contributed by atoms with van der Waals surface area (Å²) in [5.41, 5.74) is -0.616. The smallest absolute Gasteiger partial charge is 0.347 e. The van der Waals surface area contributed by atoms with Crippen molar-refractivity contribution in [3.05, 3.63) is 106 Å². The zero-order valence-corrected chi connectivity index (χ0v) is 22.4. The molecular formula is C28H24F6N4OS. The molecule has 4 rings (SSSR count). The highest BCUT2D eigenvalue weighted by Gasteiger charge is 2.37. The molecule has 0 bridgehead atoms. The fourth-order valence-electron chi connectivity index (χ4n) is 4.30. The SMILES string of the molecule is Cc1ccccc1-c1cc(C(C)(S)c2ncc[nH]2)ncc1C(=O)N(C)Cc1cc(C(F)(F)F)cc(C(F)(F)F)c1. The molecule has 0 aliphatic heterocycles. The second-order valence-corrected chi connectivity index (χ2v) is 10.4. The Morgan fingerprint density at radius 3 is 2.12 bits per heavy atom. The average molecular weight is 579 g/mol. The van der Waals surface area contributed by atoms with Gasteiger partial charge in [-0.15, -0.1) is 0 Å². The van der Waals surface area contributed by atoms with Crippen molar-refractivity contribution in [3.8, 4) is 11.1 Å². The van der Waals surface area contributed by atoms with Crippen molar-refractivity contribution < 1.29 is 31.1 Å². The number of hydrogen-bond donors (Lipinski definition) is 2. The van der Waals surface area contributed by atoms with E-state index in [1.807, 2.05) is 19.1 Å². The van der Waals surface area contributed by atoms with Gasteiger partial charge >= 0.3 is 12.4 Å². The van der Waals surface area contributed by atoms with Gasteiger partial charge in [0.05, 0.1) is 22.4 Å². The molecule has 2 heterocycles. The van der Waals surface area contributed by atoms with Crippen LogP contribution in [0.3, 0.4) is 0 Å². The molecule has 5 nitrogen and oxygen atoms in total. The molecule has 0 fully saturated rings. The number of imidazole rings is 1. The van der Waals surface area contributed by atoms with E-state index in [-0.39, 0.29) is 17.2 Å². The van der Waals surface area contributed by atoms with Gasteiger partial charge in [0.1, 0.15) is 10.6 Å². The molecule has 0 spiro atoms. The summed E-state index contributed by atoms with van der Waals surface area (Å²) < 4.78 is 79.1. The third kappa shape index (κ3) is 6.01. The molecule has 1 unspecified atom stereocenters. The summed E-state index contributed by atoms with van der Waals surface area (Å²) in [6, 6.07) is 10.2. The van der Waals surface area contributed by atoms with Crippen molar-refractivity contribution in [1.82, 2.24) is 19.9 Å². The van der Waals surface area contributed by atoms with Crippen LogP contribution in [0, 0.1) is 6.92 Å². The van der Waals surface area contributed by atoms with Crippen LogP contribution in [-0.2, 0) is 23.6 Å². The fourth-order valence-corrected chi connectivity index (χ4v) is 4.55. The lowest BCUT2D eigenvalue weighted by Crippen LogP contribution is -2.28. The van der Waals surface area contributed by atoms with Gasteiger partial charge in [0.25, 0.3) is 5.91 Å². The van der Waals surface area contributed by atoms with Crippen LogP contribution in [0.25, 0.3) is 11.1 Å². The number of halogens is 6. The third-order valence-electron chi connectivity index (χ3n) is 6.44. The summed E-state index contributed by atoms with van der Waals surface area (Å²) in [5.74, 6) is -0.123. The van der Waals surface area contributed by atoms with Crippen molar-refractivity contribution >= 4 is 18.5 Å². The van der Waals surface area contributed by atoms with Crippen LogP contribution in [0.2, 0.25) is 0 Å². The molecule has 210 valence electrons. The van der Waals surface area contributed by atoms with E-state index in [9.17, 15) is 31.1 Å². The quantitative estimate of drug-likeness (QED) is 0.187. The highest BCUT2D eigenvalue weighted by atomic mass is 32.1. The number of benzene rings is 2. The van der Waals surface area contributed by atoms with Gasteiger partial charge < -0.3 is 9.88 Å². The molecule has 0 saturated carbocycles. The van der Waals surface area contributed by atoms with E-state index in [0.29, 0.717) is 34.8 Å². The molecule has 0 aliphatic rings. The van der Waals surface area contributed by atoms with Crippen LogP contribution in [0.4, 0.5) is 26.3 Å². The Labute approximate surface area is 231 Å². The molecule has 2 aromatic carbocycles. The van der Waals surface area contributed by atoms with Gasteiger partial charge in [0.15, 0.2) is 0 Å². The van der Waals surface area contributed by atoms with Gasteiger partial charge in [-0.3, -0.25) is 9.78 Å². The maximum atomic E-state index is 13.6. The lowest BCUT2D eigenvalue weighted by molar-refractivity contribution is -0.143. The number of alkyl halides is 6. The first-order valence-corrected chi connectivity index (χ1v) is 12.4. The van der Waals surface area contributed by atoms with Crippen LogP contribution in [0.5, 0.6) is 0 Å². The third-order valence-corrected chi connectivity index (χ3v) is 6.88. The van der Waals surface area contributed by atoms with Gasteiger partial charge in [-0.05, 0) is 60.4 Å². The molecule has 0 radical (unpaired) electrons. The van der Waals surface area contributed by atoms with E-state index in [2.05, 4.69) is 15.0 Å². The summed E-state index contributed by atoms with van der Waals surface area (Å²) in [7, 11) is 1.30. The summed E-state index contributed by atoms with van der Waals surface area (Å²) in [6.45, 7) is 3.12. The van der Waals surface area contributed by atoms with Crippen molar-refractivity contribution in [1.29, 1.82) is 0 Å². The summed E-state index contributed by atoms with van der Waals surface area (Å²) in [4.78, 5) is 26.4. The van der Waals surface area contributed by atoms with E-state index in [4.69, 9.17) is 12.6 Å². The lowest BCUT2D eigenvalue weighted by atomic mass is 9.93. The molecular weight excluding hydrogens is 554 g/mol. The summed E-state index contributed by atoms with van der Waals surface area (Å²) in [6.07, 6.45) is -5.46. The number of amides is 1. The van der Waals surface area contributed by atoms with E-state index in [1.165, 1.54) is 13.2 Å². The maximum Gasteiger partial charge on any atom is 0.416 e. The predicted molar refractivity (Wildman–Crippen MR) is 141 cm³/mol. The Balaban J connectivity index is 1.76. The van der Waals surface area contributed by atoms with Crippen LogP contribution in [0.1, 0.15) is 51.1 Å². The highest BCUT2D eigenvalue weighted by molar-refractivity contribution is 7.81. The Morgan fingerprint density at radius 1 is 0.950 bits per heavy atom. The molecule has 2 aromatic heterocycles. The number of aromatic nitrogens is 3. The number of carbonyl (C=O) groups excluding carboxylic acids is 1. The number of carbonyl (C=O) groups is 1. The van der Waals surface area contributed by atoms with Crippen molar-refractivity contribution in [2.45, 2.75) is 37.5 Å². The van der Waals surface area contributed by atoms with Gasteiger partial charge in [-0.1, -0.05) is 24.3 Å². The Morgan fingerprint density at radius 2 is 1.57 bits per heavy atom. The molecule has 40 heavy (non-hydrogen) atoms. The Hall–Kier alpha value is -3.80. The van der Waals surface area contributed by atoms with E-state index in [1.54, 1.807) is 37.5 Å². The number of nitrogens with zero attached hydrogens (tertiary/aromatic N) is 3. The Bertz CT molecular complexity index is 1500. The van der Waals surface area contributed by atoms with E-state index < -0.39 is 40.7 Å². The van der Waals surface area contributed by atoms with Gasteiger partial charge in [-0.2, -0.15) is 39.0 Å². The zero-order chi connectivity index (χ0) is 29.5. The lowest BCUT2D eigenvalue weighted by Gasteiger charge is -2.24. The summed E-state index contributed by atoms with van der Waals surface area (Å²) in [5, 5.41) is 0. The minimum Gasteiger partial charge on any atom is -0.347 e. The number of rotatable bonds is 6. The maximum absolute atomic E-state index is 13.6. The molecule has 12 heteroatoms. The first-order valence-electron chi connectivity index (χ1n) is 11.9. The van der Waals surface area contributed by atoms with E-state index >= 15 is 0 Å².